The fraction of sp³-hybridized carbons (Fsp3) is 0.889. The van der Waals surface area contributed by atoms with E-state index in [4.69, 9.17) is 9.47 Å². The Morgan fingerprint density at radius 3 is 1.14 bits per heavy atom. The van der Waals surface area contributed by atoms with E-state index in [1.54, 1.807) is 0 Å². The number of aliphatic carboxylic acids is 1. The summed E-state index contributed by atoms with van der Waals surface area (Å²) in [5, 5.41) is 9.45. The molecule has 1 aliphatic heterocycles. The molecule has 1 fully saturated rings. The number of ether oxygens (including phenoxy) is 2. The van der Waals surface area contributed by atoms with Gasteiger partial charge in [0.05, 0.1) is 19.6 Å². The summed E-state index contributed by atoms with van der Waals surface area (Å²) in [4.78, 5) is 45.1. The minimum atomic E-state index is -0.864. The summed E-state index contributed by atoms with van der Waals surface area (Å²) < 4.78 is 11.1. The van der Waals surface area contributed by atoms with Crippen LogP contribution >= 0.6 is 0 Å². The number of carbonyl (C=O) groups excluding carboxylic acids is 2. The molecule has 0 amide bonds. The monoisotopic (exact) mass is 528 g/mol. The van der Waals surface area contributed by atoms with Crippen molar-refractivity contribution in [1.29, 1.82) is 0 Å². The topological polar surface area (TPSA) is 103 Å². The van der Waals surface area contributed by atoms with Crippen LogP contribution in [0.15, 0.2) is 0 Å². The molecule has 37 heavy (non-hydrogen) atoms. The summed E-state index contributed by atoms with van der Waals surface area (Å²) in [6.45, 7) is 23.6. The Bertz CT molecular complexity index is 739. The van der Waals surface area contributed by atoms with Crippen LogP contribution in [-0.2, 0) is 23.9 Å². The van der Waals surface area contributed by atoms with Crippen LogP contribution in [-0.4, -0.2) is 132 Å². The predicted octanol–water partition coefficient (Wildman–Crippen LogP) is 2.02. The van der Waals surface area contributed by atoms with Gasteiger partial charge in [-0.3, -0.25) is 29.1 Å². The molecule has 0 bridgehead atoms. The number of hydrogen-bond donors (Lipinski definition) is 1. The molecule has 1 rings (SSSR count). The van der Waals surface area contributed by atoms with Crippen molar-refractivity contribution < 1.29 is 29.0 Å². The molecule has 216 valence electrons. The van der Waals surface area contributed by atoms with E-state index in [-0.39, 0.29) is 37.0 Å². The van der Waals surface area contributed by atoms with Crippen molar-refractivity contribution in [2.45, 2.75) is 73.5 Å². The Morgan fingerprint density at radius 2 is 0.865 bits per heavy atom. The molecule has 10 nitrogen and oxygen atoms in total. The third kappa shape index (κ3) is 17.4. The lowest BCUT2D eigenvalue weighted by atomic mass is 9.96. The summed E-state index contributed by atoms with van der Waals surface area (Å²) in [5.74, 6) is -1.45. The Kier molecular flexibility index (Phi) is 13.0. The molecule has 1 N–H and O–H groups in total. The number of nitrogens with zero attached hydrogens (tertiary/aromatic N) is 4. The highest BCUT2D eigenvalue weighted by Gasteiger charge is 2.25. The lowest BCUT2D eigenvalue weighted by Gasteiger charge is -2.36. The fourth-order valence-electron chi connectivity index (χ4n) is 4.19. The molecule has 0 unspecified atom stereocenters. The second-order valence-corrected chi connectivity index (χ2v) is 13.2. The molecular weight excluding hydrogens is 476 g/mol. The second kappa shape index (κ2) is 14.4. The van der Waals surface area contributed by atoms with Gasteiger partial charge in [0, 0.05) is 58.9 Å². The van der Waals surface area contributed by atoms with Crippen molar-refractivity contribution in [1.82, 2.24) is 19.6 Å². The van der Waals surface area contributed by atoms with Crippen LogP contribution < -0.4 is 0 Å². The maximum absolute atomic E-state index is 12.6. The SMILES string of the molecule is CC(C)(C)CN1CCN(CC(=O)O)CCN(CC(=O)OC(C)(C)C)CCN(CC(=O)OC(C)(C)C)CC1. The summed E-state index contributed by atoms with van der Waals surface area (Å²) in [7, 11) is 0. The van der Waals surface area contributed by atoms with Gasteiger partial charge in [0.25, 0.3) is 0 Å². The van der Waals surface area contributed by atoms with Crippen LogP contribution in [0.4, 0.5) is 0 Å². The Balaban J connectivity index is 3.08. The molecule has 1 aliphatic rings. The normalized spacial score (nSPS) is 19.1. The molecule has 1 heterocycles. The summed E-state index contributed by atoms with van der Waals surface area (Å²) in [5.41, 5.74) is -1.06. The first-order valence-electron chi connectivity index (χ1n) is 13.4. The van der Waals surface area contributed by atoms with Crippen LogP contribution in [0.1, 0.15) is 62.3 Å². The van der Waals surface area contributed by atoms with E-state index in [9.17, 15) is 19.5 Å². The molecule has 0 aromatic heterocycles. The van der Waals surface area contributed by atoms with E-state index < -0.39 is 17.2 Å². The molecule has 0 aliphatic carbocycles. The zero-order valence-electron chi connectivity index (χ0n) is 24.8. The zero-order chi connectivity index (χ0) is 28.4. The van der Waals surface area contributed by atoms with E-state index in [1.165, 1.54) is 0 Å². The van der Waals surface area contributed by atoms with Gasteiger partial charge in [-0.1, -0.05) is 20.8 Å². The molecule has 0 atom stereocenters. The van der Waals surface area contributed by atoms with Gasteiger partial charge in [-0.15, -0.1) is 0 Å². The third-order valence-electron chi connectivity index (χ3n) is 5.53. The molecule has 1 saturated heterocycles. The summed E-state index contributed by atoms with van der Waals surface area (Å²) in [6.07, 6.45) is 0. The van der Waals surface area contributed by atoms with Crippen LogP contribution in [0.2, 0.25) is 0 Å². The summed E-state index contributed by atoms with van der Waals surface area (Å²) >= 11 is 0. The largest absolute Gasteiger partial charge is 0.480 e. The highest BCUT2D eigenvalue weighted by atomic mass is 16.6. The molecule has 0 saturated carbocycles. The summed E-state index contributed by atoms with van der Waals surface area (Å²) in [6, 6.07) is 0. The minimum absolute atomic E-state index is 0.0472. The van der Waals surface area contributed by atoms with Crippen molar-refractivity contribution in [3.05, 3.63) is 0 Å². The van der Waals surface area contributed by atoms with Gasteiger partial charge in [0.2, 0.25) is 0 Å². The van der Waals surface area contributed by atoms with E-state index in [0.717, 1.165) is 19.6 Å². The van der Waals surface area contributed by atoms with Crippen molar-refractivity contribution in [2.24, 2.45) is 5.41 Å². The van der Waals surface area contributed by atoms with Crippen LogP contribution in [0.3, 0.4) is 0 Å². The molecule has 0 spiro atoms. The van der Waals surface area contributed by atoms with E-state index in [2.05, 4.69) is 30.6 Å². The highest BCUT2D eigenvalue weighted by molar-refractivity contribution is 5.72. The minimum Gasteiger partial charge on any atom is -0.480 e. The van der Waals surface area contributed by atoms with E-state index in [0.29, 0.717) is 39.3 Å². The standard InChI is InChI=1S/C27H52N4O6/c1-25(2,3)21-31-16-14-28(18-22(32)33)10-11-29(19-23(34)36-26(4,5)6)12-13-30(15-17-31)20-24(35)37-27(7,8)9/h10-21H2,1-9H3,(H,32,33). The first-order valence-corrected chi connectivity index (χ1v) is 13.4. The zero-order valence-corrected chi connectivity index (χ0v) is 24.8. The Morgan fingerprint density at radius 1 is 0.568 bits per heavy atom. The lowest BCUT2D eigenvalue weighted by molar-refractivity contribution is -0.158. The number of hydrogen-bond acceptors (Lipinski definition) is 9. The van der Waals surface area contributed by atoms with Gasteiger partial charge in [0.15, 0.2) is 0 Å². The van der Waals surface area contributed by atoms with Crippen molar-refractivity contribution in [2.75, 3.05) is 78.5 Å². The first-order chi connectivity index (χ1) is 16.8. The highest BCUT2D eigenvalue weighted by Crippen LogP contribution is 2.16. The molecular formula is C27H52N4O6. The first kappa shape index (κ1) is 33.3. The average molecular weight is 529 g/mol. The van der Waals surface area contributed by atoms with Gasteiger partial charge < -0.3 is 19.5 Å². The number of carboxylic acids is 1. The average Bonchev–Trinajstić information content (AvgIpc) is 2.65. The maximum atomic E-state index is 12.6. The Hall–Kier alpha value is -1.75. The van der Waals surface area contributed by atoms with Crippen molar-refractivity contribution in [3.63, 3.8) is 0 Å². The number of rotatable bonds is 7. The lowest BCUT2D eigenvalue weighted by Crippen LogP contribution is -2.50. The van der Waals surface area contributed by atoms with Gasteiger partial charge in [0.1, 0.15) is 11.2 Å². The molecule has 0 aromatic carbocycles. The molecule has 0 radical (unpaired) electrons. The number of carbonyl (C=O) groups is 3. The van der Waals surface area contributed by atoms with Crippen molar-refractivity contribution >= 4 is 17.9 Å². The van der Waals surface area contributed by atoms with Crippen molar-refractivity contribution in [3.8, 4) is 0 Å². The van der Waals surface area contributed by atoms with Crippen LogP contribution in [0.25, 0.3) is 0 Å². The Labute approximate surface area is 224 Å². The maximum Gasteiger partial charge on any atom is 0.320 e. The molecule has 0 aromatic rings. The fourth-order valence-corrected chi connectivity index (χ4v) is 4.19. The quantitative estimate of drug-likeness (QED) is 0.494. The molecule has 10 heteroatoms. The number of esters is 2. The number of carboxylic acid groups (broad SMARTS) is 1. The smallest absolute Gasteiger partial charge is 0.320 e. The van der Waals surface area contributed by atoms with Crippen LogP contribution in [0, 0.1) is 5.41 Å². The van der Waals surface area contributed by atoms with E-state index >= 15 is 0 Å². The predicted molar refractivity (Wildman–Crippen MR) is 145 cm³/mol. The van der Waals surface area contributed by atoms with Crippen LogP contribution in [0.5, 0.6) is 0 Å². The second-order valence-electron chi connectivity index (χ2n) is 13.2. The van der Waals surface area contributed by atoms with Gasteiger partial charge >= 0.3 is 17.9 Å². The van der Waals surface area contributed by atoms with E-state index in [1.807, 2.05) is 51.3 Å². The van der Waals surface area contributed by atoms with Gasteiger partial charge in [-0.05, 0) is 47.0 Å². The van der Waals surface area contributed by atoms with Gasteiger partial charge in [-0.25, -0.2) is 0 Å². The van der Waals surface area contributed by atoms with Gasteiger partial charge in [-0.2, -0.15) is 0 Å². The third-order valence-corrected chi connectivity index (χ3v) is 5.53.